The lowest BCUT2D eigenvalue weighted by atomic mass is 10.0. The van der Waals surface area contributed by atoms with Gasteiger partial charge in [-0.1, -0.05) is 70.4 Å². The molecule has 0 heterocycles. The van der Waals surface area contributed by atoms with Gasteiger partial charge in [0.05, 0.1) is 6.61 Å². The van der Waals surface area contributed by atoms with Crippen LogP contribution >= 0.6 is 0 Å². The Balaban J connectivity index is 3.54. The van der Waals surface area contributed by atoms with Crippen LogP contribution in [0.25, 0.3) is 0 Å². The third kappa shape index (κ3) is 15.8. The van der Waals surface area contributed by atoms with Crippen molar-refractivity contribution < 1.29 is 24.5 Å². The van der Waals surface area contributed by atoms with E-state index in [0.717, 1.165) is 25.7 Å². The van der Waals surface area contributed by atoms with Crippen LogP contribution in [0.5, 0.6) is 0 Å². The Bertz CT molecular complexity index is 419. The molecule has 0 aromatic heterocycles. The van der Waals surface area contributed by atoms with Crippen LogP contribution in [0, 0.1) is 0 Å². The third-order valence-electron chi connectivity index (χ3n) is 4.86. The lowest BCUT2D eigenvalue weighted by Crippen LogP contribution is -2.39. The van der Waals surface area contributed by atoms with E-state index in [0.29, 0.717) is 6.42 Å². The first-order chi connectivity index (χ1) is 13.5. The van der Waals surface area contributed by atoms with Crippen LogP contribution in [0.3, 0.4) is 0 Å². The predicted molar refractivity (Wildman–Crippen MR) is 113 cm³/mol. The Morgan fingerprint density at radius 1 is 0.857 bits per heavy atom. The van der Waals surface area contributed by atoms with E-state index in [9.17, 15) is 14.7 Å². The first-order valence-corrected chi connectivity index (χ1v) is 11.2. The molecule has 5 heteroatoms. The van der Waals surface area contributed by atoms with Crippen molar-refractivity contribution in [3.05, 3.63) is 12.2 Å². The second kappa shape index (κ2) is 19.1. The maximum Gasteiger partial charge on any atom is 0.303 e. The minimum absolute atomic E-state index is 0.247. The van der Waals surface area contributed by atoms with E-state index >= 15 is 0 Å². The minimum Gasteiger partial charge on any atom is -0.457 e. The summed E-state index contributed by atoms with van der Waals surface area (Å²) < 4.78 is 4.74. The number of ether oxygens (including phenoxy) is 1. The first kappa shape index (κ1) is 26.8. The zero-order valence-corrected chi connectivity index (χ0v) is 18.0. The Hall–Kier alpha value is -1.20. The smallest absolute Gasteiger partial charge is 0.303 e. The summed E-state index contributed by atoms with van der Waals surface area (Å²) in [6, 6.07) is 0. The molecular formula is C23H42O5. The number of esters is 1. The van der Waals surface area contributed by atoms with E-state index in [4.69, 9.17) is 9.84 Å². The van der Waals surface area contributed by atoms with Crippen molar-refractivity contribution in [2.75, 3.05) is 6.61 Å². The Kier molecular flexibility index (Phi) is 18.3. The Morgan fingerprint density at radius 3 is 1.86 bits per heavy atom. The topological polar surface area (TPSA) is 83.8 Å². The number of Topliss-reactive ketones (excluding diaryl/α,β-unsaturated/α-hetero) is 1. The van der Waals surface area contributed by atoms with Crippen LogP contribution in [0.15, 0.2) is 12.2 Å². The van der Waals surface area contributed by atoms with Gasteiger partial charge in [0.15, 0.2) is 18.0 Å². The van der Waals surface area contributed by atoms with Gasteiger partial charge >= 0.3 is 5.97 Å². The van der Waals surface area contributed by atoms with Gasteiger partial charge in [0.2, 0.25) is 0 Å². The Labute approximate surface area is 171 Å². The normalized spacial score (nSPS) is 13.6. The molecule has 0 saturated heterocycles. The maximum atomic E-state index is 11.9. The molecule has 0 saturated carbocycles. The molecule has 0 aliphatic carbocycles. The number of hydrogen-bond donors (Lipinski definition) is 2. The van der Waals surface area contributed by atoms with Gasteiger partial charge in [-0.15, -0.1) is 0 Å². The number of hydrogen-bond acceptors (Lipinski definition) is 5. The van der Waals surface area contributed by atoms with E-state index in [1.54, 1.807) is 0 Å². The van der Waals surface area contributed by atoms with Crippen molar-refractivity contribution in [2.24, 2.45) is 0 Å². The molecule has 0 aliphatic rings. The zero-order chi connectivity index (χ0) is 21.0. The molecule has 0 fully saturated rings. The first-order valence-electron chi connectivity index (χ1n) is 11.2. The fourth-order valence-electron chi connectivity index (χ4n) is 3.14. The molecule has 0 aliphatic heterocycles. The number of aliphatic hydroxyl groups is 2. The highest BCUT2D eigenvalue weighted by Crippen LogP contribution is 2.12. The fraction of sp³-hybridized carbons (Fsp3) is 0.826. The molecule has 0 aromatic rings. The molecule has 2 unspecified atom stereocenters. The summed E-state index contributed by atoms with van der Waals surface area (Å²) in [4.78, 5) is 22.8. The molecular weight excluding hydrogens is 356 g/mol. The van der Waals surface area contributed by atoms with Crippen molar-refractivity contribution in [3.8, 4) is 0 Å². The number of unbranched alkanes of at least 4 members (excludes halogenated alkanes) is 11. The number of aliphatic hydroxyl groups excluding tert-OH is 2. The predicted octanol–water partition coefficient (Wildman–Crippen LogP) is 4.88. The highest BCUT2D eigenvalue weighted by atomic mass is 16.6. The van der Waals surface area contributed by atoms with Gasteiger partial charge < -0.3 is 14.9 Å². The number of ketones is 1. The van der Waals surface area contributed by atoms with E-state index < -0.39 is 24.8 Å². The summed E-state index contributed by atoms with van der Waals surface area (Å²) in [5.74, 6) is -0.996. The molecule has 0 rings (SSSR count). The number of carbonyl (C=O) groups is 2. The Morgan fingerprint density at radius 2 is 1.36 bits per heavy atom. The molecule has 0 spiro atoms. The summed E-state index contributed by atoms with van der Waals surface area (Å²) in [5, 5.41) is 19.0. The molecule has 5 nitrogen and oxygen atoms in total. The molecule has 164 valence electrons. The molecule has 0 radical (unpaired) electrons. The summed E-state index contributed by atoms with van der Waals surface area (Å²) in [6.45, 7) is 2.87. The maximum absolute atomic E-state index is 11.9. The quantitative estimate of drug-likeness (QED) is 0.184. The SMILES string of the molecule is CCCCCCCC/C=C\CCCCCCCC(=O)C(O)C(CO)OC(C)=O. The molecule has 0 aromatic carbocycles. The van der Waals surface area contributed by atoms with Crippen LogP contribution in [-0.2, 0) is 14.3 Å². The van der Waals surface area contributed by atoms with E-state index in [2.05, 4.69) is 19.1 Å². The molecule has 2 atom stereocenters. The van der Waals surface area contributed by atoms with Crippen molar-refractivity contribution in [2.45, 2.75) is 116 Å². The van der Waals surface area contributed by atoms with Gasteiger partial charge in [0.25, 0.3) is 0 Å². The number of allylic oxidation sites excluding steroid dienone is 2. The molecule has 0 bridgehead atoms. The van der Waals surface area contributed by atoms with Gasteiger partial charge in [0, 0.05) is 13.3 Å². The van der Waals surface area contributed by atoms with Crippen molar-refractivity contribution >= 4 is 11.8 Å². The van der Waals surface area contributed by atoms with E-state index in [1.165, 1.54) is 58.3 Å². The standard InChI is InChI=1S/C23H42O5/c1-3-4-5-6-7-8-9-10-11-12-13-14-15-16-17-18-21(26)23(27)22(19-24)28-20(2)25/h10-11,22-24,27H,3-9,12-19H2,1-2H3/b11-10-. The van der Waals surface area contributed by atoms with Gasteiger partial charge in [-0.25, -0.2) is 0 Å². The molecule has 0 amide bonds. The van der Waals surface area contributed by atoms with Crippen LogP contribution in [0.2, 0.25) is 0 Å². The van der Waals surface area contributed by atoms with E-state index in [1.807, 2.05) is 0 Å². The van der Waals surface area contributed by atoms with E-state index in [-0.39, 0.29) is 12.2 Å². The average molecular weight is 399 g/mol. The monoisotopic (exact) mass is 398 g/mol. The van der Waals surface area contributed by atoms with Crippen molar-refractivity contribution in [3.63, 3.8) is 0 Å². The second-order valence-corrected chi connectivity index (χ2v) is 7.58. The molecule has 2 N–H and O–H groups in total. The van der Waals surface area contributed by atoms with Crippen LogP contribution < -0.4 is 0 Å². The zero-order valence-electron chi connectivity index (χ0n) is 18.0. The highest BCUT2D eigenvalue weighted by molar-refractivity contribution is 5.83. The van der Waals surface area contributed by atoms with Crippen molar-refractivity contribution in [1.29, 1.82) is 0 Å². The van der Waals surface area contributed by atoms with Crippen LogP contribution in [0.4, 0.5) is 0 Å². The third-order valence-corrected chi connectivity index (χ3v) is 4.86. The fourth-order valence-corrected chi connectivity index (χ4v) is 3.14. The highest BCUT2D eigenvalue weighted by Gasteiger charge is 2.27. The van der Waals surface area contributed by atoms with Crippen molar-refractivity contribution in [1.82, 2.24) is 0 Å². The van der Waals surface area contributed by atoms with Gasteiger partial charge in [-0.2, -0.15) is 0 Å². The average Bonchev–Trinajstić information content (AvgIpc) is 2.68. The summed E-state index contributed by atoms with van der Waals surface area (Å²) in [6.07, 6.45) is 17.6. The van der Waals surface area contributed by atoms with Gasteiger partial charge in [-0.05, 0) is 32.1 Å². The van der Waals surface area contributed by atoms with Gasteiger partial charge in [0.1, 0.15) is 0 Å². The summed E-state index contributed by atoms with van der Waals surface area (Å²) in [5.41, 5.74) is 0. The van der Waals surface area contributed by atoms with Crippen LogP contribution in [-0.4, -0.2) is 40.8 Å². The summed E-state index contributed by atoms with van der Waals surface area (Å²) >= 11 is 0. The largest absolute Gasteiger partial charge is 0.457 e. The number of rotatable bonds is 19. The second-order valence-electron chi connectivity index (χ2n) is 7.58. The number of carbonyl (C=O) groups excluding carboxylic acids is 2. The summed E-state index contributed by atoms with van der Waals surface area (Å²) in [7, 11) is 0. The van der Waals surface area contributed by atoms with Gasteiger partial charge in [-0.3, -0.25) is 9.59 Å². The lowest BCUT2D eigenvalue weighted by molar-refractivity contribution is -0.159. The van der Waals surface area contributed by atoms with Crippen LogP contribution in [0.1, 0.15) is 104 Å². The lowest BCUT2D eigenvalue weighted by Gasteiger charge is -2.19. The molecule has 28 heavy (non-hydrogen) atoms. The minimum atomic E-state index is -1.44.